The second kappa shape index (κ2) is 8.74. The zero-order valence-corrected chi connectivity index (χ0v) is 15.6. The van der Waals surface area contributed by atoms with Crippen LogP contribution in [-0.2, 0) is 4.79 Å². The summed E-state index contributed by atoms with van der Waals surface area (Å²) in [4.78, 5) is 26.4. The average Bonchev–Trinajstić information content (AvgIpc) is 2.61. The molecule has 0 bridgehead atoms. The Morgan fingerprint density at radius 2 is 1.96 bits per heavy atom. The van der Waals surface area contributed by atoms with Gasteiger partial charge in [0.05, 0.1) is 0 Å². The topological polar surface area (TPSA) is 73.5 Å². The van der Waals surface area contributed by atoms with Gasteiger partial charge in [-0.3, -0.25) is 4.79 Å². The number of benzene rings is 1. The van der Waals surface area contributed by atoms with E-state index in [4.69, 9.17) is 0 Å². The Morgan fingerprint density at radius 3 is 2.68 bits per heavy atom. The Bertz CT molecular complexity index is 605. The van der Waals surface area contributed by atoms with Crippen LogP contribution in [0.5, 0.6) is 0 Å². The van der Waals surface area contributed by atoms with Crippen LogP contribution in [0, 0.1) is 0 Å². The summed E-state index contributed by atoms with van der Waals surface area (Å²) in [5.41, 5.74) is 2.49. The van der Waals surface area contributed by atoms with E-state index in [1.165, 1.54) is 11.3 Å². The van der Waals surface area contributed by atoms with Crippen molar-refractivity contribution in [2.24, 2.45) is 0 Å². The molecule has 6 heteroatoms. The minimum absolute atomic E-state index is 0.107. The minimum atomic E-state index is -0.557. The standard InChI is InChI=1S/C19H30N4O2/c1-5-13(2)21-18(24)14(3)22-19(25)20-12-15-10-11-23(4)17-9-7-6-8-16(15)17/h6-9,13-15H,5,10-12H2,1-4H3,(H,21,24)(H2,20,22,25). The molecular weight excluding hydrogens is 316 g/mol. The summed E-state index contributed by atoms with van der Waals surface area (Å²) < 4.78 is 0. The zero-order chi connectivity index (χ0) is 18.4. The van der Waals surface area contributed by atoms with Crippen LogP contribution in [-0.4, -0.2) is 44.2 Å². The number of para-hydroxylation sites is 1. The Morgan fingerprint density at radius 1 is 1.24 bits per heavy atom. The van der Waals surface area contributed by atoms with Crippen LogP contribution in [0.3, 0.4) is 0 Å². The fourth-order valence-electron chi connectivity index (χ4n) is 3.02. The zero-order valence-electron chi connectivity index (χ0n) is 15.6. The summed E-state index contributed by atoms with van der Waals surface area (Å²) in [6.07, 6.45) is 1.86. The van der Waals surface area contributed by atoms with Gasteiger partial charge in [0.15, 0.2) is 0 Å². The van der Waals surface area contributed by atoms with E-state index in [2.05, 4.69) is 40.0 Å². The first-order valence-electron chi connectivity index (χ1n) is 9.07. The summed E-state index contributed by atoms with van der Waals surface area (Å²) in [6, 6.07) is 7.56. The monoisotopic (exact) mass is 346 g/mol. The number of carbonyl (C=O) groups excluding carboxylic acids is 2. The highest BCUT2D eigenvalue weighted by Gasteiger charge is 2.23. The van der Waals surface area contributed by atoms with Gasteiger partial charge in [0.1, 0.15) is 6.04 Å². The molecule has 1 aliphatic heterocycles. The molecule has 3 N–H and O–H groups in total. The van der Waals surface area contributed by atoms with E-state index < -0.39 is 6.04 Å². The number of nitrogens with zero attached hydrogens (tertiary/aromatic N) is 1. The van der Waals surface area contributed by atoms with E-state index in [0.717, 1.165) is 19.4 Å². The van der Waals surface area contributed by atoms with Gasteiger partial charge in [0, 0.05) is 37.8 Å². The molecule has 2 rings (SSSR count). The Labute approximate surface area is 150 Å². The number of amides is 3. The maximum absolute atomic E-state index is 12.1. The highest BCUT2D eigenvalue weighted by Crippen LogP contribution is 2.33. The first-order chi connectivity index (χ1) is 11.9. The van der Waals surface area contributed by atoms with E-state index in [1.807, 2.05) is 26.0 Å². The molecule has 1 aliphatic rings. The molecule has 3 atom stereocenters. The average molecular weight is 346 g/mol. The summed E-state index contributed by atoms with van der Waals surface area (Å²) in [6.45, 7) is 7.19. The third-order valence-corrected chi connectivity index (χ3v) is 4.85. The second-order valence-electron chi connectivity index (χ2n) is 6.86. The van der Waals surface area contributed by atoms with E-state index in [-0.39, 0.29) is 18.0 Å². The van der Waals surface area contributed by atoms with Crippen LogP contribution in [0.15, 0.2) is 24.3 Å². The predicted octanol–water partition coefficient (Wildman–Crippen LogP) is 2.21. The number of hydrogen-bond donors (Lipinski definition) is 3. The number of rotatable bonds is 6. The van der Waals surface area contributed by atoms with E-state index in [9.17, 15) is 9.59 Å². The number of anilines is 1. The van der Waals surface area contributed by atoms with Crippen molar-refractivity contribution >= 4 is 17.6 Å². The molecule has 0 fully saturated rings. The summed E-state index contributed by atoms with van der Waals surface area (Å²) in [7, 11) is 2.09. The van der Waals surface area contributed by atoms with Crippen LogP contribution in [0.25, 0.3) is 0 Å². The molecule has 1 aromatic carbocycles. The molecular formula is C19H30N4O2. The first kappa shape index (κ1) is 19.1. The Balaban J connectivity index is 1.84. The van der Waals surface area contributed by atoms with Crippen molar-refractivity contribution < 1.29 is 9.59 Å². The third-order valence-electron chi connectivity index (χ3n) is 4.85. The van der Waals surface area contributed by atoms with Crippen molar-refractivity contribution in [3.8, 4) is 0 Å². The number of fused-ring (bicyclic) bond motifs is 1. The lowest BCUT2D eigenvalue weighted by atomic mass is 9.90. The maximum Gasteiger partial charge on any atom is 0.315 e. The third kappa shape index (κ3) is 5.11. The van der Waals surface area contributed by atoms with E-state index in [1.54, 1.807) is 6.92 Å². The van der Waals surface area contributed by atoms with Crippen LogP contribution in [0.4, 0.5) is 10.5 Å². The predicted molar refractivity (Wildman–Crippen MR) is 101 cm³/mol. The molecule has 138 valence electrons. The van der Waals surface area contributed by atoms with Crippen molar-refractivity contribution in [3.63, 3.8) is 0 Å². The van der Waals surface area contributed by atoms with Crippen molar-refractivity contribution in [2.45, 2.75) is 51.6 Å². The molecule has 0 aliphatic carbocycles. The van der Waals surface area contributed by atoms with Gasteiger partial charge in [0.2, 0.25) is 5.91 Å². The lowest BCUT2D eigenvalue weighted by Crippen LogP contribution is -2.50. The van der Waals surface area contributed by atoms with Crippen molar-refractivity contribution in [2.75, 3.05) is 25.0 Å². The van der Waals surface area contributed by atoms with E-state index in [0.29, 0.717) is 12.5 Å². The molecule has 1 heterocycles. The summed E-state index contributed by atoms with van der Waals surface area (Å²) >= 11 is 0. The largest absolute Gasteiger partial charge is 0.374 e. The fraction of sp³-hybridized carbons (Fsp3) is 0.579. The highest BCUT2D eigenvalue weighted by atomic mass is 16.2. The molecule has 0 radical (unpaired) electrons. The maximum atomic E-state index is 12.1. The van der Waals surface area contributed by atoms with E-state index >= 15 is 0 Å². The van der Waals surface area contributed by atoms with Crippen LogP contribution >= 0.6 is 0 Å². The van der Waals surface area contributed by atoms with Crippen LogP contribution in [0.1, 0.15) is 45.1 Å². The smallest absolute Gasteiger partial charge is 0.315 e. The van der Waals surface area contributed by atoms with Gasteiger partial charge in [-0.05, 0) is 38.3 Å². The Hall–Kier alpha value is -2.24. The van der Waals surface area contributed by atoms with Gasteiger partial charge in [-0.15, -0.1) is 0 Å². The van der Waals surface area contributed by atoms with Crippen LogP contribution in [0.2, 0.25) is 0 Å². The molecule has 0 aromatic heterocycles. The van der Waals surface area contributed by atoms with Gasteiger partial charge in [-0.2, -0.15) is 0 Å². The number of hydrogen-bond acceptors (Lipinski definition) is 3. The Kier molecular flexibility index (Phi) is 6.67. The molecule has 25 heavy (non-hydrogen) atoms. The van der Waals surface area contributed by atoms with Crippen molar-refractivity contribution in [3.05, 3.63) is 29.8 Å². The fourth-order valence-corrected chi connectivity index (χ4v) is 3.02. The van der Waals surface area contributed by atoms with Gasteiger partial charge in [-0.25, -0.2) is 4.79 Å². The molecule has 6 nitrogen and oxygen atoms in total. The summed E-state index contributed by atoms with van der Waals surface area (Å²) in [5, 5.41) is 8.49. The lowest BCUT2D eigenvalue weighted by molar-refractivity contribution is -0.123. The molecule has 0 spiro atoms. The molecule has 0 saturated carbocycles. The first-order valence-corrected chi connectivity index (χ1v) is 9.07. The number of nitrogens with one attached hydrogen (secondary N) is 3. The number of carbonyl (C=O) groups is 2. The lowest BCUT2D eigenvalue weighted by Gasteiger charge is -2.33. The second-order valence-corrected chi connectivity index (χ2v) is 6.86. The number of urea groups is 1. The van der Waals surface area contributed by atoms with Gasteiger partial charge >= 0.3 is 6.03 Å². The van der Waals surface area contributed by atoms with Gasteiger partial charge in [0.25, 0.3) is 0 Å². The SMILES string of the molecule is CCC(C)NC(=O)C(C)NC(=O)NCC1CCN(C)c2ccccc21. The van der Waals surface area contributed by atoms with Crippen LogP contribution < -0.4 is 20.9 Å². The summed E-state index contributed by atoms with van der Waals surface area (Å²) in [5.74, 6) is 0.136. The normalized spacial score (nSPS) is 18.7. The minimum Gasteiger partial charge on any atom is -0.374 e. The quantitative estimate of drug-likeness (QED) is 0.739. The van der Waals surface area contributed by atoms with Gasteiger partial charge in [-0.1, -0.05) is 25.1 Å². The molecule has 3 unspecified atom stereocenters. The van der Waals surface area contributed by atoms with Gasteiger partial charge < -0.3 is 20.9 Å². The van der Waals surface area contributed by atoms with Crippen molar-refractivity contribution in [1.29, 1.82) is 0 Å². The highest BCUT2D eigenvalue weighted by molar-refractivity contribution is 5.86. The molecule has 3 amide bonds. The molecule has 1 aromatic rings. The van der Waals surface area contributed by atoms with Crippen molar-refractivity contribution in [1.82, 2.24) is 16.0 Å². The molecule has 0 saturated heterocycles.